The van der Waals surface area contributed by atoms with E-state index in [0.717, 1.165) is 16.7 Å². The molecule has 2 aromatic rings. The molecule has 0 aromatic heterocycles. The Hall–Kier alpha value is -2.37. The molecule has 1 heterocycles. The molecule has 2 N–H and O–H groups in total. The number of aliphatic hydroxyl groups is 2. The number of ether oxygens (including phenoxy) is 1. The van der Waals surface area contributed by atoms with Crippen molar-refractivity contribution >= 4 is 6.09 Å². The molecule has 1 fully saturated rings. The van der Waals surface area contributed by atoms with Crippen LogP contribution in [0, 0.1) is 0 Å². The Morgan fingerprint density at radius 2 is 1.81 bits per heavy atom. The van der Waals surface area contributed by atoms with Gasteiger partial charge in [-0.2, -0.15) is 0 Å². The molecule has 144 valence electrons. The first-order valence-corrected chi connectivity index (χ1v) is 9.45. The summed E-state index contributed by atoms with van der Waals surface area (Å²) in [5.41, 5.74) is 2.15. The van der Waals surface area contributed by atoms with Gasteiger partial charge in [-0.1, -0.05) is 54.6 Å². The number of nitrogens with zero attached hydrogens (tertiary/aromatic N) is 1. The standard InChI is InChI=1S/C22H27NO4/c1-17(19-10-8-18(16-25)9-11-19)23-14-13-22(12-5-15-24,27-21(23)26)20-6-3-2-4-7-20/h2-4,6-11,17,24-25H,5,12-16H2,1H3/t17-,22?/m0/s1. The minimum Gasteiger partial charge on any atom is -0.438 e. The van der Waals surface area contributed by atoms with E-state index in [1.165, 1.54) is 0 Å². The number of rotatable bonds is 7. The number of amides is 1. The van der Waals surface area contributed by atoms with Gasteiger partial charge in [-0.3, -0.25) is 0 Å². The van der Waals surface area contributed by atoms with Gasteiger partial charge in [0.2, 0.25) is 0 Å². The number of hydrogen-bond acceptors (Lipinski definition) is 4. The van der Waals surface area contributed by atoms with Crippen molar-refractivity contribution in [2.24, 2.45) is 0 Å². The van der Waals surface area contributed by atoms with E-state index in [-0.39, 0.29) is 25.3 Å². The Bertz CT molecular complexity index is 747. The molecule has 5 nitrogen and oxygen atoms in total. The summed E-state index contributed by atoms with van der Waals surface area (Å²) in [4.78, 5) is 14.6. The van der Waals surface area contributed by atoms with Crippen LogP contribution in [0.5, 0.6) is 0 Å². The van der Waals surface area contributed by atoms with E-state index in [9.17, 15) is 15.0 Å². The van der Waals surface area contributed by atoms with Crippen molar-refractivity contribution in [2.45, 2.75) is 44.4 Å². The molecule has 0 saturated carbocycles. The number of carbonyl (C=O) groups excluding carboxylic acids is 1. The lowest BCUT2D eigenvalue weighted by atomic mass is 9.84. The van der Waals surface area contributed by atoms with E-state index in [1.54, 1.807) is 4.90 Å². The lowest BCUT2D eigenvalue weighted by molar-refractivity contribution is -0.0680. The van der Waals surface area contributed by atoms with Gasteiger partial charge in [-0.25, -0.2) is 4.79 Å². The number of hydrogen-bond donors (Lipinski definition) is 2. The first-order chi connectivity index (χ1) is 13.1. The maximum atomic E-state index is 12.9. The smallest absolute Gasteiger partial charge is 0.411 e. The van der Waals surface area contributed by atoms with Crippen LogP contribution in [0.15, 0.2) is 54.6 Å². The zero-order valence-electron chi connectivity index (χ0n) is 15.7. The molecule has 1 amide bonds. The maximum Gasteiger partial charge on any atom is 0.411 e. The lowest BCUT2D eigenvalue weighted by Crippen LogP contribution is -2.48. The third kappa shape index (κ3) is 4.15. The van der Waals surface area contributed by atoms with E-state index in [0.29, 0.717) is 25.8 Å². The molecule has 2 aromatic carbocycles. The monoisotopic (exact) mass is 369 g/mol. The fraction of sp³-hybridized carbons (Fsp3) is 0.409. The highest BCUT2D eigenvalue weighted by atomic mass is 16.6. The van der Waals surface area contributed by atoms with Crippen LogP contribution >= 0.6 is 0 Å². The number of benzene rings is 2. The summed E-state index contributed by atoms with van der Waals surface area (Å²) in [5, 5.41) is 18.5. The predicted molar refractivity (Wildman–Crippen MR) is 103 cm³/mol. The maximum absolute atomic E-state index is 12.9. The van der Waals surface area contributed by atoms with Gasteiger partial charge < -0.3 is 19.8 Å². The molecule has 1 aliphatic rings. The Morgan fingerprint density at radius 1 is 1.11 bits per heavy atom. The summed E-state index contributed by atoms with van der Waals surface area (Å²) < 4.78 is 6.00. The summed E-state index contributed by atoms with van der Waals surface area (Å²) in [6.45, 7) is 2.65. The first-order valence-electron chi connectivity index (χ1n) is 9.45. The summed E-state index contributed by atoms with van der Waals surface area (Å²) in [6.07, 6.45) is 1.54. The molecular formula is C22H27NO4. The van der Waals surface area contributed by atoms with E-state index in [2.05, 4.69) is 0 Å². The van der Waals surface area contributed by atoms with Gasteiger partial charge in [-0.05, 0) is 36.5 Å². The van der Waals surface area contributed by atoms with Crippen LogP contribution in [0.2, 0.25) is 0 Å². The Balaban J connectivity index is 1.78. The van der Waals surface area contributed by atoms with Crippen molar-refractivity contribution in [1.82, 2.24) is 4.90 Å². The van der Waals surface area contributed by atoms with Gasteiger partial charge in [0.05, 0.1) is 12.6 Å². The third-order valence-electron chi connectivity index (χ3n) is 5.42. The predicted octanol–water partition coefficient (Wildman–Crippen LogP) is 3.75. The molecule has 3 rings (SSSR count). The SMILES string of the molecule is C[C@@H](c1ccc(CO)cc1)N1CCC(CCCO)(c2ccccc2)OC1=O. The number of carbonyl (C=O) groups is 1. The molecule has 1 saturated heterocycles. The lowest BCUT2D eigenvalue weighted by Gasteiger charge is -2.43. The topological polar surface area (TPSA) is 70.0 Å². The average Bonchev–Trinajstić information content (AvgIpc) is 2.72. The van der Waals surface area contributed by atoms with Gasteiger partial charge in [0.25, 0.3) is 0 Å². The zero-order chi connectivity index (χ0) is 19.3. The van der Waals surface area contributed by atoms with E-state index in [4.69, 9.17) is 4.74 Å². The fourth-order valence-electron chi connectivity index (χ4n) is 3.73. The largest absolute Gasteiger partial charge is 0.438 e. The second kappa shape index (κ2) is 8.55. The molecule has 0 spiro atoms. The van der Waals surface area contributed by atoms with Gasteiger partial charge in [0, 0.05) is 19.6 Å². The highest BCUT2D eigenvalue weighted by molar-refractivity contribution is 5.70. The Labute approximate surface area is 160 Å². The van der Waals surface area contributed by atoms with Crippen LogP contribution < -0.4 is 0 Å². The molecule has 1 unspecified atom stereocenters. The Kier molecular flexibility index (Phi) is 6.14. The molecule has 0 aliphatic carbocycles. The second-order valence-corrected chi connectivity index (χ2v) is 7.07. The van der Waals surface area contributed by atoms with Crippen molar-refractivity contribution in [3.8, 4) is 0 Å². The molecule has 0 bridgehead atoms. The molecule has 27 heavy (non-hydrogen) atoms. The van der Waals surface area contributed by atoms with Crippen LogP contribution in [-0.2, 0) is 16.9 Å². The molecular weight excluding hydrogens is 342 g/mol. The molecule has 1 aliphatic heterocycles. The Morgan fingerprint density at radius 3 is 2.41 bits per heavy atom. The van der Waals surface area contributed by atoms with Gasteiger partial charge in [0.15, 0.2) is 0 Å². The summed E-state index contributed by atoms with van der Waals surface area (Å²) in [6, 6.07) is 17.3. The van der Waals surface area contributed by atoms with Crippen LogP contribution in [0.4, 0.5) is 4.79 Å². The summed E-state index contributed by atoms with van der Waals surface area (Å²) in [7, 11) is 0. The van der Waals surface area contributed by atoms with Crippen molar-refractivity contribution < 1.29 is 19.7 Å². The third-order valence-corrected chi connectivity index (χ3v) is 5.42. The quantitative estimate of drug-likeness (QED) is 0.780. The van der Waals surface area contributed by atoms with Crippen molar-refractivity contribution in [3.63, 3.8) is 0 Å². The van der Waals surface area contributed by atoms with E-state index in [1.807, 2.05) is 61.5 Å². The van der Waals surface area contributed by atoms with Crippen molar-refractivity contribution in [2.75, 3.05) is 13.2 Å². The minimum atomic E-state index is -0.683. The molecule has 2 atom stereocenters. The van der Waals surface area contributed by atoms with E-state index < -0.39 is 5.60 Å². The number of aliphatic hydroxyl groups excluding tert-OH is 2. The van der Waals surface area contributed by atoms with Crippen molar-refractivity contribution in [3.05, 3.63) is 71.3 Å². The second-order valence-electron chi connectivity index (χ2n) is 7.07. The first kappa shape index (κ1) is 19.4. The number of cyclic esters (lactones) is 1. The summed E-state index contributed by atoms with van der Waals surface area (Å²) >= 11 is 0. The normalized spacial score (nSPS) is 21.0. The average molecular weight is 369 g/mol. The minimum absolute atomic E-state index is 0.00483. The van der Waals surface area contributed by atoms with Crippen LogP contribution in [0.1, 0.15) is 48.9 Å². The van der Waals surface area contributed by atoms with Crippen LogP contribution in [-0.4, -0.2) is 34.4 Å². The summed E-state index contributed by atoms with van der Waals surface area (Å²) in [5.74, 6) is 0. The van der Waals surface area contributed by atoms with Crippen LogP contribution in [0.3, 0.4) is 0 Å². The fourth-order valence-corrected chi connectivity index (χ4v) is 3.73. The van der Waals surface area contributed by atoms with Gasteiger partial charge >= 0.3 is 6.09 Å². The molecule has 5 heteroatoms. The van der Waals surface area contributed by atoms with Gasteiger partial charge in [0.1, 0.15) is 5.60 Å². The van der Waals surface area contributed by atoms with E-state index >= 15 is 0 Å². The highest BCUT2D eigenvalue weighted by Crippen LogP contribution is 2.40. The van der Waals surface area contributed by atoms with Crippen molar-refractivity contribution in [1.29, 1.82) is 0 Å². The highest BCUT2D eigenvalue weighted by Gasteiger charge is 2.43. The zero-order valence-corrected chi connectivity index (χ0v) is 15.7. The molecule has 0 radical (unpaired) electrons. The van der Waals surface area contributed by atoms with Crippen LogP contribution in [0.25, 0.3) is 0 Å². The van der Waals surface area contributed by atoms with Gasteiger partial charge in [-0.15, -0.1) is 0 Å².